The van der Waals surface area contributed by atoms with Crippen molar-refractivity contribution in [2.45, 2.75) is 12.8 Å². The van der Waals surface area contributed by atoms with Crippen LogP contribution in [0.1, 0.15) is 23.2 Å². The van der Waals surface area contributed by atoms with Crippen LogP contribution in [-0.2, 0) is 0 Å². The number of ketones is 1. The first-order chi connectivity index (χ1) is 10.1. The molecule has 0 N–H and O–H groups in total. The Kier molecular flexibility index (Phi) is 5.44. The summed E-state index contributed by atoms with van der Waals surface area (Å²) in [5, 5.41) is 0. The maximum absolute atomic E-state index is 13.3. The van der Waals surface area contributed by atoms with Crippen LogP contribution < -0.4 is 4.74 Å². The number of carbonyl (C=O) groups is 1. The highest BCUT2D eigenvalue weighted by Crippen LogP contribution is 2.18. The lowest BCUT2D eigenvalue weighted by atomic mass is 10.1. The molecule has 2 aromatic carbocycles. The molecule has 2 nitrogen and oxygen atoms in total. The quantitative estimate of drug-likeness (QED) is 0.551. The summed E-state index contributed by atoms with van der Waals surface area (Å²) in [6.07, 6.45) is 0.774. The largest absolute Gasteiger partial charge is 0.491 e. The van der Waals surface area contributed by atoms with E-state index in [2.05, 4.69) is 15.9 Å². The molecule has 0 atom stereocenters. The maximum atomic E-state index is 13.3. The fourth-order valence-electron chi connectivity index (χ4n) is 1.79. The lowest BCUT2D eigenvalue weighted by Crippen LogP contribution is -2.04. The van der Waals surface area contributed by atoms with Gasteiger partial charge in [-0.15, -0.1) is 0 Å². The van der Waals surface area contributed by atoms with Crippen LogP contribution in [0.25, 0.3) is 0 Å². The van der Waals surface area contributed by atoms with E-state index in [4.69, 9.17) is 4.74 Å². The van der Waals surface area contributed by atoms with Crippen molar-refractivity contribution < 1.29 is 18.3 Å². The topological polar surface area (TPSA) is 26.3 Å². The number of benzene rings is 2. The van der Waals surface area contributed by atoms with Crippen molar-refractivity contribution >= 4 is 21.7 Å². The highest BCUT2D eigenvalue weighted by molar-refractivity contribution is 9.10. The fraction of sp³-hybridized carbons (Fsp3) is 0.188. The molecule has 0 heterocycles. The van der Waals surface area contributed by atoms with Gasteiger partial charge in [-0.05, 0) is 30.7 Å². The van der Waals surface area contributed by atoms with Gasteiger partial charge in [0.2, 0.25) is 0 Å². The normalized spacial score (nSPS) is 10.4. The minimum atomic E-state index is -0.741. The number of hydrogen-bond acceptors (Lipinski definition) is 2. The summed E-state index contributed by atoms with van der Waals surface area (Å²) in [6.45, 7) is 0.199. The third-order valence-electron chi connectivity index (χ3n) is 2.87. The molecule has 0 radical (unpaired) electrons. The Hall–Kier alpha value is -1.75. The molecule has 2 aromatic rings. The minimum Gasteiger partial charge on any atom is -0.491 e. The molecule has 0 aliphatic carbocycles. The van der Waals surface area contributed by atoms with E-state index >= 15 is 0 Å². The van der Waals surface area contributed by atoms with Gasteiger partial charge in [0.15, 0.2) is 17.3 Å². The van der Waals surface area contributed by atoms with Crippen molar-refractivity contribution in [3.63, 3.8) is 0 Å². The monoisotopic (exact) mass is 354 g/mol. The molecular weight excluding hydrogens is 342 g/mol. The Balaban J connectivity index is 1.79. The van der Waals surface area contributed by atoms with E-state index in [1.807, 2.05) is 0 Å². The summed E-state index contributed by atoms with van der Waals surface area (Å²) in [4.78, 5) is 11.9. The Labute approximate surface area is 129 Å². The molecular formula is C16H13BrF2O2. The van der Waals surface area contributed by atoms with Gasteiger partial charge in [0.25, 0.3) is 0 Å². The van der Waals surface area contributed by atoms with Crippen molar-refractivity contribution in [3.05, 3.63) is 64.1 Å². The zero-order valence-electron chi connectivity index (χ0n) is 11.1. The number of Topliss-reactive ketones (excluding diaryl/α,β-unsaturated/α-hetero) is 1. The molecule has 0 bridgehead atoms. The average molecular weight is 355 g/mol. The van der Waals surface area contributed by atoms with E-state index < -0.39 is 11.6 Å². The third-order valence-corrected chi connectivity index (χ3v) is 3.39. The van der Waals surface area contributed by atoms with Crippen LogP contribution in [-0.4, -0.2) is 12.4 Å². The lowest BCUT2D eigenvalue weighted by molar-refractivity contribution is 0.0973. The molecule has 0 saturated heterocycles. The lowest BCUT2D eigenvalue weighted by Gasteiger charge is -2.07. The van der Waals surface area contributed by atoms with E-state index in [-0.39, 0.29) is 18.1 Å². The number of ether oxygens (including phenoxy) is 1. The van der Waals surface area contributed by atoms with Crippen LogP contribution in [0, 0.1) is 11.6 Å². The van der Waals surface area contributed by atoms with Crippen LogP contribution in [0.4, 0.5) is 8.78 Å². The summed E-state index contributed by atoms with van der Waals surface area (Å²) >= 11 is 3.30. The van der Waals surface area contributed by atoms with Gasteiger partial charge in [0.05, 0.1) is 6.61 Å². The summed E-state index contributed by atoms with van der Waals surface area (Å²) < 4.78 is 32.1. The molecule has 5 heteroatoms. The molecule has 0 unspecified atom stereocenters. The molecule has 21 heavy (non-hydrogen) atoms. The van der Waals surface area contributed by atoms with Crippen molar-refractivity contribution in [1.29, 1.82) is 0 Å². The molecule has 2 rings (SSSR count). The minimum absolute atomic E-state index is 0.00526. The first-order valence-electron chi connectivity index (χ1n) is 6.43. The summed E-state index contributed by atoms with van der Waals surface area (Å²) in [5.41, 5.74) is 0.631. The zero-order chi connectivity index (χ0) is 15.2. The first-order valence-corrected chi connectivity index (χ1v) is 7.22. The second-order valence-electron chi connectivity index (χ2n) is 4.46. The van der Waals surface area contributed by atoms with E-state index in [9.17, 15) is 13.6 Å². The predicted octanol–water partition coefficient (Wildman–Crippen LogP) is 4.77. The predicted molar refractivity (Wildman–Crippen MR) is 79.6 cm³/mol. The molecule has 0 saturated carbocycles. The molecule has 0 aliphatic rings. The van der Waals surface area contributed by atoms with Crippen LogP contribution >= 0.6 is 15.9 Å². The maximum Gasteiger partial charge on any atom is 0.167 e. The fourth-order valence-corrected chi connectivity index (χ4v) is 2.05. The van der Waals surface area contributed by atoms with Gasteiger partial charge in [0.1, 0.15) is 5.82 Å². The van der Waals surface area contributed by atoms with Gasteiger partial charge >= 0.3 is 0 Å². The SMILES string of the molecule is O=C(CCCOc1ccc(F)cc1F)c1ccc(Br)cc1. The van der Waals surface area contributed by atoms with Crippen molar-refractivity contribution in [2.24, 2.45) is 0 Å². The van der Waals surface area contributed by atoms with Crippen LogP contribution in [0.2, 0.25) is 0 Å². The molecule has 110 valence electrons. The van der Waals surface area contributed by atoms with Gasteiger partial charge < -0.3 is 4.74 Å². The summed E-state index contributed by atoms with van der Waals surface area (Å²) in [7, 11) is 0. The molecule has 0 aliphatic heterocycles. The Morgan fingerprint density at radius 1 is 1.10 bits per heavy atom. The van der Waals surface area contributed by atoms with E-state index in [0.29, 0.717) is 18.4 Å². The van der Waals surface area contributed by atoms with Gasteiger partial charge in [0, 0.05) is 22.5 Å². The highest BCUT2D eigenvalue weighted by atomic mass is 79.9. The molecule has 0 fully saturated rings. The van der Waals surface area contributed by atoms with Gasteiger partial charge in [-0.3, -0.25) is 4.79 Å². The molecule has 0 aromatic heterocycles. The Bertz CT molecular complexity index is 627. The van der Waals surface area contributed by atoms with E-state index in [1.54, 1.807) is 24.3 Å². The van der Waals surface area contributed by atoms with Gasteiger partial charge in [-0.25, -0.2) is 8.78 Å². The summed E-state index contributed by atoms with van der Waals surface area (Å²) in [5.74, 6) is -1.39. The number of rotatable bonds is 6. The van der Waals surface area contributed by atoms with E-state index in [0.717, 1.165) is 16.6 Å². The zero-order valence-corrected chi connectivity index (χ0v) is 12.7. The van der Waals surface area contributed by atoms with E-state index in [1.165, 1.54) is 6.07 Å². The number of hydrogen-bond donors (Lipinski definition) is 0. The standard InChI is InChI=1S/C16H13BrF2O2/c17-12-5-3-11(4-6-12)15(20)2-1-9-21-16-8-7-13(18)10-14(16)19/h3-8,10H,1-2,9H2. The third kappa shape index (κ3) is 4.63. The second-order valence-corrected chi connectivity index (χ2v) is 5.37. The van der Waals surface area contributed by atoms with Crippen LogP contribution in [0.15, 0.2) is 46.9 Å². The average Bonchev–Trinajstić information content (AvgIpc) is 2.46. The highest BCUT2D eigenvalue weighted by Gasteiger charge is 2.07. The Morgan fingerprint density at radius 3 is 2.48 bits per heavy atom. The molecule has 0 amide bonds. The number of halogens is 3. The van der Waals surface area contributed by atoms with Crippen LogP contribution in [0.5, 0.6) is 5.75 Å². The van der Waals surface area contributed by atoms with Crippen molar-refractivity contribution in [2.75, 3.05) is 6.61 Å². The number of carbonyl (C=O) groups excluding carboxylic acids is 1. The van der Waals surface area contributed by atoms with Crippen molar-refractivity contribution in [1.82, 2.24) is 0 Å². The molecule has 0 spiro atoms. The Morgan fingerprint density at radius 2 is 1.81 bits per heavy atom. The van der Waals surface area contributed by atoms with Gasteiger partial charge in [-0.1, -0.05) is 28.1 Å². The van der Waals surface area contributed by atoms with Crippen molar-refractivity contribution in [3.8, 4) is 5.75 Å². The summed E-state index contributed by atoms with van der Waals surface area (Å²) in [6, 6.07) is 10.2. The second kappa shape index (κ2) is 7.31. The smallest absolute Gasteiger partial charge is 0.167 e. The van der Waals surface area contributed by atoms with Crippen LogP contribution in [0.3, 0.4) is 0 Å². The van der Waals surface area contributed by atoms with Gasteiger partial charge in [-0.2, -0.15) is 0 Å². The first kappa shape index (κ1) is 15.6.